The summed E-state index contributed by atoms with van der Waals surface area (Å²) >= 11 is 0. The van der Waals surface area contributed by atoms with Crippen molar-refractivity contribution < 1.29 is 9.84 Å². The largest absolute Gasteiger partial charge is 0.497 e. The van der Waals surface area contributed by atoms with Crippen LogP contribution in [-0.4, -0.2) is 31.4 Å². The molecule has 2 N–H and O–H groups in total. The van der Waals surface area contributed by atoms with Crippen molar-refractivity contribution in [3.8, 4) is 5.75 Å². The average molecular weight is 277 g/mol. The van der Waals surface area contributed by atoms with Crippen molar-refractivity contribution in [2.45, 2.75) is 38.6 Å². The van der Waals surface area contributed by atoms with Crippen LogP contribution in [0.4, 0.5) is 0 Å². The van der Waals surface area contributed by atoms with E-state index in [-0.39, 0.29) is 0 Å². The third-order valence-corrected chi connectivity index (χ3v) is 4.48. The van der Waals surface area contributed by atoms with E-state index in [0.29, 0.717) is 24.5 Å². The van der Waals surface area contributed by atoms with Gasteiger partial charge >= 0.3 is 0 Å². The van der Waals surface area contributed by atoms with Gasteiger partial charge in [-0.05, 0) is 62.3 Å². The van der Waals surface area contributed by atoms with Gasteiger partial charge in [-0.3, -0.25) is 0 Å². The number of ether oxygens (including phenoxy) is 1. The first kappa shape index (κ1) is 15.3. The number of benzene rings is 1. The molecule has 0 radical (unpaired) electrons. The van der Waals surface area contributed by atoms with Crippen LogP contribution in [0, 0.1) is 11.8 Å². The lowest BCUT2D eigenvalue weighted by Gasteiger charge is -2.21. The van der Waals surface area contributed by atoms with Crippen LogP contribution in [0.5, 0.6) is 5.75 Å². The molecule has 0 aromatic heterocycles. The number of nitrogens with one attached hydrogen (secondary N) is 1. The monoisotopic (exact) mass is 277 g/mol. The van der Waals surface area contributed by atoms with E-state index < -0.39 is 0 Å². The quantitative estimate of drug-likeness (QED) is 0.805. The molecule has 3 nitrogen and oxygen atoms in total. The summed E-state index contributed by atoms with van der Waals surface area (Å²) in [5.74, 6) is 2.07. The van der Waals surface area contributed by atoms with Crippen LogP contribution >= 0.6 is 0 Å². The Kier molecular flexibility index (Phi) is 5.86. The average Bonchev–Trinajstić information content (AvgIpc) is 2.93. The molecule has 2 rings (SSSR count). The normalized spacial score (nSPS) is 23.8. The van der Waals surface area contributed by atoms with E-state index in [0.717, 1.165) is 18.7 Å². The summed E-state index contributed by atoms with van der Waals surface area (Å²) < 4.78 is 5.17. The molecule has 3 atom stereocenters. The fourth-order valence-corrected chi connectivity index (χ4v) is 3.16. The molecule has 3 heteroatoms. The maximum atomic E-state index is 9.35. The first-order valence-corrected chi connectivity index (χ1v) is 7.70. The predicted molar refractivity (Wildman–Crippen MR) is 82.1 cm³/mol. The first-order valence-electron chi connectivity index (χ1n) is 7.70. The minimum Gasteiger partial charge on any atom is -0.497 e. The maximum Gasteiger partial charge on any atom is 0.118 e. The van der Waals surface area contributed by atoms with Crippen molar-refractivity contribution in [1.29, 1.82) is 0 Å². The van der Waals surface area contributed by atoms with Gasteiger partial charge in [0, 0.05) is 12.6 Å². The number of methoxy groups -OCH3 is 1. The van der Waals surface area contributed by atoms with E-state index in [1.165, 1.54) is 24.8 Å². The smallest absolute Gasteiger partial charge is 0.118 e. The van der Waals surface area contributed by atoms with Gasteiger partial charge in [0.05, 0.1) is 7.11 Å². The Hall–Kier alpha value is -1.06. The van der Waals surface area contributed by atoms with Crippen molar-refractivity contribution in [1.82, 2.24) is 5.32 Å². The summed E-state index contributed by atoms with van der Waals surface area (Å²) in [5.41, 5.74) is 1.33. The zero-order chi connectivity index (χ0) is 14.4. The van der Waals surface area contributed by atoms with Crippen LogP contribution in [0.25, 0.3) is 0 Å². The van der Waals surface area contributed by atoms with Crippen LogP contribution in [-0.2, 0) is 6.42 Å². The van der Waals surface area contributed by atoms with Gasteiger partial charge in [0.15, 0.2) is 0 Å². The third kappa shape index (κ3) is 4.22. The van der Waals surface area contributed by atoms with Crippen molar-refractivity contribution in [3.63, 3.8) is 0 Å². The van der Waals surface area contributed by atoms with Crippen LogP contribution < -0.4 is 10.1 Å². The molecule has 3 unspecified atom stereocenters. The molecular formula is C17H27NO2. The summed E-state index contributed by atoms with van der Waals surface area (Å²) in [6.07, 6.45) is 4.74. The molecule has 0 aliphatic heterocycles. The number of aliphatic hydroxyl groups excluding tert-OH is 1. The number of rotatable bonds is 7. The van der Waals surface area contributed by atoms with Gasteiger partial charge in [0.1, 0.15) is 5.75 Å². The molecule has 1 fully saturated rings. The molecule has 0 spiro atoms. The highest BCUT2D eigenvalue weighted by Crippen LogP contribution is 2.30. The summed E-state index contributed by atoms with van der Waals surface area (Å²) in [5, 5.41) is 13.0. The highest BCUT2D eigenvalue weighted by atomic mass is 16.5. The molecule has 0 amide bonds. The van der Waals surface area contributed by atoms with Gasteiger partial charge in [0.25, 0.3) is 0 Å². The maximum absolute atomic E-state index is 9.35. The second kappa shape index (κ2) is 7.65. The fraction of sp³-hybridized carbons (Fsp3) is 0.647. The van der Waals surface area contributed by atoms with Gasteiger partial charge in [-0.2, -0.15) is 0 Å². The second-order valence-corrected chi connectivity index (χ2v) is 6.00. The number of aliphatic hydroxyl groups is 1. The van der Waals surface area contributed by atoms with Crippen LogP contribution in [0.2, 0.25) is 0 Å². The lowest BCUT2D eigenvalue weighted by molar-refractivity contribution is 0.190. The van der Waals surface area contributed by atoms with Gasteiger partial charge in [-0.25, -0.2) is 0 Å². The fourth-order valence-electron chi connectivity index (χ4n) is 3.16. The van der Waals surface area contributed by atoms with Crippen LogP contribution in [0.15, 0.2) is 24.3 Å². The van der Waals surface area contributed by atoms with E-state index in [1.54, 1.807) is 7.11 Å². The molecule has 1 aliphatic rings. The summed E-state index contributed by atoms with van der Waals surface area (Å²) in [7, 11) is 1.69. The summed E-state index contributed by atoms with van der Waals surface area (Å²) in [4.78, 5) is 0. The minimum atomic E-state index is 0.346. The molecule has 0 heterocycles. The Labute approximate surface area is 122 Å². The molecule has 1 saturated carbocycles. The molecule has 1 aromatic carbocycles. The molecule has 112 valence electrons. The standard InChI is InChI=1S/C17H27NO2/c1-13(10-14-6-8-17(20-2)9-7-14)18-11-15-4-3-5-16(15)12-19/h6-9,13,15-16,18-19H,3-5,10-12H2,1-2H3. The first-order chi connectivity index (χ1) is 9.72. The van der Waals surface area contributed by atoms with E-state index in [1.807, 2.05) is 12.1 Å². The topological polar surface area (TPSA) is 41.5 Å². The van der Waals surface area contributed by atoms with Gasteiger partial charge in [-0.1, -0.05) is 18.6 Å². The van der Waals surface area contributed by atoms with Crippen LogP contribution in [0.1, 0.15) is 31.7 Å². The van der Waals surface area contributed by atoms with E-state index in [2.05, 4.69) is 24.4 Å². The van der Waals surface area contributed by atoms with Crippen molar-refractivity contribution >= 4 is 0 Å². The van der Waals surface area contributed by atoms with Gasteiger partial charge in [0.2, 0.25) is 0 Å². The van der Waals surface area contributed by atoms with Gasteiger partial charge < -0.3 is 15.2 Å². The molecule has 20 heavy (non-hydrogen) atoms. The molecule has 0 bridgehead atoms. The zero-order valence-corrected chi connectivity index (χ0v) is 12.6. The molecule has 0 saturated heterocycles. The predicted octanol–water partition coefficient (Wildman–Crippen LogP) is 2.62. The number of hydrogen-bond acceptors (Lipinski definition) is 3. The molecular weight excluding hydrogens is 250 g/mol. The summed E-state index contributed by atoms with van der Waals surface area (Å²) in [6, 6.07) is 8.75. The Morgan fingerprint density at radius 3 is 2.60 bits per heavy atom. The van der Waals surface area contributed by atoms with Crippen molar-refractivity contribution in [2.75, 3.05) is 20.3 Å². The van der Waals surface area contributed by atoms with E-state index in [9.17, 15) is 5.11 Å². The van der Waals surface area contributed by atoms with Crippen molar-refractivity contribution in [3.05, 3.63) is 29.8 Å². The van der Waals surface area contributed by atoms with Crippen molar-refractivity contribution in [2.24, 2.45) is 11.8 Å². The second-order valence-electron chi connectivity index (χ2n) is 6.00. The Bertz CT molecular complexity index is 390. The highest BCUT2D eigenvalue weighted by molar-refractivity contribution is 5.27. The zero-order valence-electron chi connectivity index (χ0n) is 12.6. The SMILES string of the molecule is COc1ccc(CC(C)NCC2CCCC2CO)cc1. The third-order valence-electron chi connectivity index (χ3n) is 4.48. The highest BCUT2D eigenvalue weighted by Gasteiger charge is 2.26. The minimum absolute atomic E-state index is 0.346. The van der Waals surface area contributed by atoms with E-state index in [4.69, 9.17) is 4.74 Å². The lowest BCUT2D eigenvalue weighted by Crippen LogP contribution is -2.34. The Morgan fingerprint density at radius 2 is 1.95 bits per heavy atom. The van der Waals surface area contributed by atoms with Crippen LogP contribution in [0.3, 0.4) is 0 Å². The summed E-state index contributed by atoms with van der Waals surface area (Å²) in [6.45, 7) is 3.61. The van der Waals surface area contributed by atoms with E-state index >= 15 is 0 Å². The Morgan fingerprint density at radius 1 is 1.25 bits per heavy atom. The number of hydrogen-bond donors (Lipinski definition) is 2. The van der Waals surface area contributed by atoms with Gasteiger partial charge in [-0.15, -0.1) is 0 Å². The molecule has 1 aliphatic carbocycles. The lowest BCUT2D eigenvalue weighted by atomic mass is 9.96. The molecule has 1 aromatic rings. The Balaban J connectivity index is 1.75.